The van der Waals surface area contributed by atoms with Crippen molar-refractivity contribution in [1.29, 1.82) is 0 Å². The van der Waals surface area contributed by atoms with Gasteiger partial charge in [0.2, 0.25) is 0 Å². The molecule has 2 N–H and O–H groups in total. The van der Waals surface area contributed by atoms with Gasteiger partial charge in [-0.25, -0.2) is 4.79 Å². The number of carbonyl (C=O) groups is 3. The van der Waals surface area contributed by atoms with Gasteiger partial charge >= 0.3 is 5.97 Å². The predicted octanol–water partition coefficient (Wildman–Crippen LogP) is 6.39. The molecule has 0 aromatic heterocycles. The van der Waals surface area contributed by atoms with Crippen molar-refractivity contribution >= 4 is 52.6 Å². The van der Waals surface area contributed by atoms with Crippen molar-refractivity contribution in [1.82, 2.24) is 10.2 Å². The van der Waals surface area contributed by atoms with Crippen LogP contribution < -0.4 is 5.32 Å². The number of hydrogen-bond acceptors (Lipinski definition) is 3. The van der Waals surface area contributed by atoms with Crippen LogP contribution in [0.5, 0.6) is 0 Å². The quantitative estimate of drug-likeness (QED) is 0.343. The number of nitrogens with one attached hydrogen (secondary N) is 1. The summed E-state index contributed by atoms with van der Waals surface area (Å²) in [7, 11) is 0. The monoisotopic (exact) mass is 572 g/mol. The van der Waals surface area contributed by atoms with Crippen LogP contribution in [0, 0.1) is 0 Å². The second-order valence-electron chi connectivity index (χ2n) is 9.64. The molecule has 1 atom stereocenters. The van der Waals surface area contributed by atoms with Gasteiger partial charge in [-0.2, -0.15) is 0 Å². The number of halogens is 3. The van der Waals surface area contributed by atoms with Crippen molar-refractivity contribution in [2.75, 3.05) is 6.54 Å². The highest BCUT2D eigenvalue weighted by molar-refractivity contribution is 6.40. The Labute approximate surface area is 236 Å². The molecule has 0 saturated heterocycles. The van der Waals surface area contributed by atoms with Crippen LogP contribution >= 0.6 is 34.8 Å². The smallest absolute Gasteiger partial charge is 0.326 e. The number of hydrogen-bond donors (Lipinski definition) is 2. The van der Waals surface area contributed by atoms with Crippen molar-refractivity contribution in [2.24, 2.45) is 0 Å². The fourth-order valence-corrected chi connectivity index (χ4v) is 5.44. The van der Waals surface area contributed by atoms with Crippen molar-refractivity contribution in [3.05, 3.63) is 103 Å². The second-order valence-corrected chi connectivity index (χ2v) is 10.9. The number of rotatable bonds is 7. The third-order valence-corrected chi connectivity index (χ3v) is 7.64. The molecule has 198 valence electrons. The lowest BCUT2D eigenvalue weighted by Crippen LogP contribution is -2.42. The van der Waals surface area contributed by atoms with Crippen molar-refractivity contribution in [3.63, 3.8) is 0 Å². The van der Waals surface area contributed by atoms with E-state index in [-0.39, 0.29) is 34.5 Å². The van der Waals surface area contributed by atoms with E-state index >= 15 is 0 Å². The van der Waals surface area contributed by atoms with Crippen molar-refractivity contribution in [2.45, 2.75) is 45.2 Å². The summed E-state index contributed by atoms with van der Waals surface area (Å²) in [6.07, 6.45) is 0.541. The molecule has 3 aromatic rings. The normalized spacial score (nSPS) is 13.7. The number of carbonyl (C=O) groups excluding carboxylic acids is 2. The molecule has 38 heavy (non-hydrogen) atoms. The molecule has 1 aliphatic rings. The Morgan fingerprint density at radius 1 is 1.03 bits per heavy atom. The van der Waals surface area contributed by atoms with Crippen LogP contribution in [0.4, 0.5) is 0 Å². The highest BCUT2D eigenvalue weighted by Crippen LogP contribution is 2.35. The molecule has 1 heterocycles. The zero-order valence-corrected chi connectivity index (χ0v) is 23.2. The van der Waals surface area contributed by atoms with Crippen LogP contribution in [-0.4, -0.2) is 40.4 Å². The zero-order valence-electron chi connectivity index (χ0n) is 20.9. The van der Waals surface area contributed by atoms with E-state index in [9.17, 15) is 19.5 Å². The molecule has 0 spiro atoms. The van der Waals surface area contributed by atoms with Crippen LogP contribution in [0.3, 0.4) is 0 Å². The van der Waals surface area contributed by atoms with E-state index < -0.39 is 17.9 Å². The molecule has 2 amide bonds. The van der Waals surface area contributed by atoms with Gasteiger partial charge in [0, 0.05) is 30.1 Å². The Kier molecular flexibility index (Phi) is 8.66. The highest BCUT2D eigenvalue weighted by Gasteiger charge is 2.29. The minimum absolute atomic E-state index is 0.0340. The standard InChI is InChI=1S/C29H27Cl3N2O4/c1-16(2)19-5-3-4-17(12-19)13-24(29(37)38)33-27(35)25-23(31)14-20-15-34(11-10-22(20)26(25)32)28(36)18-6-8-21(30)9-7-18/h3-9,12,14,16,24H,10-11,13,15H2,1-2H3,(H,33,35)(H,37,38)/t24-/m0/s1. The van der Waals surface area contributed by atoms with Crippen LogP contribution in [0.1, 0.15) is 62.7 Å². The molecule has 0 saturated carbocycles. The van der Waals surface area contributed by atoms with Crippen LogP contribution in [0.25, 0.3) is 0 Å². The first kappa shape index (κ1) is 28.0. The summed E-state index contributed by atoms with van der Waals surface area (Å²) in [5.74, 6) is -1.67. The van der Waals surface area contributed by atoms with Gasteiger partial charge in [0.1, 0.15) is 6.04 Å². The fraction of sp³-hybridized carbons (Fsp3) is 0.276. The topological polar surface area (TPSA) is 86.7 Å². The Balaban J connectivity index is 1.53. The van der Waals surface area contributed by atoms with E-state index in [1.165, 1.54) is 0 Å². The van der Waals surface area contributed by atoms with Gasteiger partial charge in [0.05, 0.1) is 15.6 Å². The third kappa shape index (κ3) is 6.15. The number of carboxylic acid groups (broad SMARTS) is 1. The second kappa shape index (κ2) is 11.8. The number of amides is 2. The van der Waals surface area contributed by atoms with E-state index in [0.717, 1.165) is 22.3 Å². The van der Waals surface area contributed by atoms with Crippen molar-refractivity contribution in [3.8, 4) is 0 Å². The van der Waals surface area contributed by atoms with E-state index in [4.69, 9.17) is 34.8 Å². The average molecular weight is 574 g/mol. The lowest BCUT2D eigenvalue weighted by atomic mass is 9.95. The minimum atomic E-state index is -1.17. The third-order valence-electron chi connectivity index (χ3n) is 6.67. The molecule has 9 heteroatoms. The van der Waals surface area contributed by atoms with Gasteiger partial charge in [0.15, 0.2) is 0 Å². The number of benzene rings is 3. The fourth-order valence-electron chi connectivity index (χ4n) is 4.55. The summed E-state index contributed by atoms with van der Waals surface area (Å²) in [6, 6.07) is 14.8. The first-order valence-electron chi connectivity index (χ1n) is 12.2. The van der Waals surface area contributed by atoms with Crippen molar-refractivity contribution < 1.29 is 19.5 Å². The van der Waals surface area contributed by atoms with E-state index in [2.05, 4.69) is 19.2 Å². The Morgan fingerprint density at radius 2 is 1.74 bits per heavy atom. The first-order chi connectivity index (χ1) is 18.0. The molecule has 3 aromatic carbocycles. The van der Waals surface area contributed by atoms with Crippen LogP contribution in [-0.2, 0) is 24.2 Å². The molecule has 6 nitrogen and oxygen atoms in total. The summed E-state index contributed by atoms with van der Waals surface area (Å²) < 4.78 is 0. The lowest BCUT2D eigenvalue weighted by Gasteiger charge is -2.30. The summed E-state index contributed by atoms with van der Waals surface area (Å²) >= 11 is 19.1. The predicted molar refractivity (Wildman–Crippen MR) is 149 cm³/mol. The Hall–Kier alpha value is -3.06. The molecule has 4 rings (SSSR count). The summed E-state index contributed by atoms with van der Waals surface area (Å²) in [4.78, 5) is 39.9. The number of carboxylic acids is 1. The molecular formula is C29H27Cl3N2O4. The summed E-state index contributed by atoms with van der Waals surface area (Å²) in [5.41, 5.74) is 3.90. The summed E-state index contributed by atoms with van der Waals surface area (Å²) in [5, 5.41) is 13.2. The molecule has 1 aliphatic heterocycles. The molecule has 0 aliphatic carbocycles. The molecule has 0 unspecified atom stereocenters. The lowest BCUT2D eigenvalue weighted by molar-refractivity contribution is -0.139. The van der Waals surface area contributed by atoms with E-state index in [0.29, 0.717) is 29.5 Å². The Morgan fingerprint density at radius 3 is 2.39 bits per heavy atom. The van der Waals surface area contributed by atoms with Gasteiger partial charge in [-0.15, -0.1) is 0 Å². The van der Waals surface area contributed by atoms with Gasteiger partial charge in [0.25, 0.3) is 11.8 Å². The average Bonchev–Trinajstić information content (AvgIpc) is 2.88. The minimum Gasteiger partial charge on any atom is -0.480 e. The molecular weight excluding hydrogens is 547 g/mol. The maximum Gasteiger partial charge on any atom is 0.326 e. The van der Waals surface area contributed by atoms with E-state index in [1.807, 2.05) is 24.3 Å². The van der Waals surface area contributed by atoms with Gasteiger partial charge in [-0.05, 0) is 64.9 Å². The summed E-state index contributed by atoms with van der Waals surface area (Å²) in [6.45, 7) is 4.80. The van der Waals surface area contributed by atoms with Gasteiger partial charge < -0.3 is 15.3 Å². The largest absolute Gasteiger partial charge is 0.480 e. The molecule has 0 bridgehead atoms. The van der Waals surface area contributed by atoms with Crippen LogP contribution in [0.15, 0.2) is 54.6 Å². The molecule has 0 fully saturated rings. The Bertz CT molecular complexity index is 1390. The molecule has 0 radical (unpaired) electrons. The maximum absolute atomic E-state index is 13.2. The SMILES string of the molecule is CC(C)c1cccc(C[C@H](NC(=O)c2c(Cl)cc3c(c2Cl)CCN(C(=O)c2ccc(Cl)cc2)C3)C(=O)O)c1. The van der Waals surface area contributed by atoms with E-state index in [1.54, 1.807) is 35.2 Å². The zero-order chi connectivity index (χ0) is 27.6. The first-order valence-corrected chi connectivity index (χ1v) is 13.4. The maximum atomic E-state index is 13.2. The number of aliphatic carboxylic acids is 1. The van der Waals surface area contributed by atoms with Gasteiger partial charge in [-0.1, -0.05) is 72.9 Å². The van der Waals surface area contributed by atoms with Crippen LogP contribution in [0.2, 0.25) is 15.1 Å². The number of fused-ring (bicyclic) bond motifs is 1. The highest BCUT2D eigenvalue weighted by atomic mass is 35.5. The number of nitrogens with zero attached hydrogens (tertiary/aromatic N) is 1. The van der Waals surface area contributed by atoms with Gasteiger partial charge in [-0.3, -0.25) is 9.59 Å².